The van der Waals surface area contributed by atoms with Crippen molar-refractivity contribution in [3.63, 3.8) is 0 Å². The predicted molar refractivity (Wildman–Crippen MR) is 142 cm³/mol. The minimum Gasteiger partial charge on any atom is -0.494 e. The summed E-state index contributed by atoms with van der Waals surface area (Å²) >= 11 is 0. The summed E-state index contributed by atoms with van der Waals surface area (Å²) in [6.45, 7) is 4.21. The van der Waals surface area contributed by atoms with Crippen LogP contribution < -0.4 is 21.1 Å². The second-order valence-corrected chi connectivity index (χ2v) is 10.2. The number of amides is 3. The minimum atomic E-state index is -1.01. The lowest BCUT2D eigenvalue weighted by atomic mass is 9.94. The van der Waals surface area contributed by atoms with Gasteiger partial charge in [0.1, 0.15) is 11.8 Å². The van der Waals surface area contributed by atoms with E-state index in [2.05, 4.69) is 10.6 Å². The fraction of sp³-hybridized carbons (Fsp3) is 0.483. The molecule has 0 aliphatic carbocycles. The lowest BCUT2D eigenvalue weighted by Gasteiger charge is -2.33. The molecule has 2 unspecified atom stereocenters. The lowest BCUT2D eigenvalue weighted by Crippen LogP contribution is -2.53. The monoisotopic (exact) mass is 506 g/mol. The van der Waals surface area contributed by atoms with Crippen molar-refractivity contribution in [2.75, 3.05) is 19.7 Å². The summed E-state index contributed by atoms with van der Waals surface area (Å²) in [6, 6.07) is 13.9. The van der Waals surface area contributed by atoms with E-state index in [4.69, 9.17) is 10.5 Å². The zero-order valence-corrected chi connectivity index (χ0v) is 21.6. The van der Waals surface area contributed by atoms with Gasteiger partial charge in [-0.05, 0) is 73.8 Å². The molecule has 2 aliphatic rings. The number of hydrogen-bond acceptors (Lipinski definition) is 5. The van der Waals surface area contributed by atoms with Crippen LogP contribution >= 0.6 is 0 Å². The van der Waals surface area contributed by atoms with Gasteiger partial charge in [-0.15, -0.1) is 0 Å². The molecule has 0 saturated carbocycles. The third-order valence-electron chi connectivity index (χ3n) is 7.37. The summed E-state index contributed by atoms with van der Waals surface area (Å²) in [7, 11) is 0. The van der Waals surface area contributed by atoms with Gasteiger partial charge in [0.2, 0.25) is 17.7 Å². The maximum absolute atomic E-state index is 13.2. The van der Waals surface area contributed by atoms with Gasteiger partial charge in [-0.1, -0.05) is 36.4 Å². The van der Waals surface area contributed by atoms with E-state index >= 15 is 0 Å². The van der Waals surface area contributed by atoms with Crippen molar-refractivity contribution in [3.05, 3.63) is 65.2 Å². The average molecular weight is 507 g/mol. The van der Waals surface area contributed by atoms with Crippen LogP contribution in [0.3, 0.4) is 0 Å². The smallest absolute Gasteiger partial charge is 0.242 e. The van der Waals surface area contributed by atoms with Crippen molar-refractivity contribution >= 4 is 17.7 Å². The summed E-state index contributed by atoms with van der Waals surface area (Å²) in [5.74, 6) is 0.229. The average Bonchev–Trinajstić information content (AvgIpc) is 2.91. The number of piperidine rings is 1. The van der Waals surface area contributed by atoms with Crippen LogP contribution in [0.4, 0.5) is 0 Å². The van der Waals surface area contributed by atoms with Crippen molar-refractivity contribution < 1.29 is 19.1 Å². The fourth-order valence-corrected chi connectivity index (χ4v) is 5.02. The molecule has 2 heterocycles. The number of nitrogens with zero attached hydrogens (tertiary/aromatic N) is 1. The molecule has 8 nitrogen and oxygen atoms in total. The normalized spacial score (nSPS) is 23.8. The maximum Gasteiger partial charge on any atom is 0.242 e. The first-order valence-electron chi connectivity index (χ1n) is 13.3. The molecule has 4 bridgehead atoms. The Morgan fingerprint density at radius 2 is 1.86 bits per heavy atom. The molecule has 3 amide bonds. The molecule has 0 spiro atoms. The van der Waals surface area contributed by atoms with E-state index in [0.717, 1.165) is 41.7 Å². The van der Waals surface area contributed by atoms with E-state index < -0.39 is 18.0 Å². The Labute approximate surface area is 218 Å². The number of rotatable bonds is 3. The van der Waals surface area contributed by atoms with Gasteiger partial charge in [-0.3, -0.25) is 14.4 Å². The number of carbonyl (C=O) groups excluding carboxylic acids is 3. The molecule has 4 N–H and O–H groups in total. The number of nitrogens with two attached hydrogens (primary N) is 1. The molecule has 3 atom stereocenters. The number of aryl methyl sites for hydroxylation is 2. The molecule has 1 fully saturated rings. The fourth-order valence-electron chi connectivity index (χ4n) is 5.02. The summed E-state index contributed by atoms with van der Waals surface area (Å²) in [5.41, 5.74) is 9.24. The van der Waals surface area contributed by atoms with E-state index in [1.165, 1.54) is 0 Å². The van der Waals surface area contributed by atoms with E-state index in [1.54, 1.807) is 0 Å². The van der Waals surface area contributed by atoms with Gasteiger partial charge < -0.3 is 26.0 Å². The van der Waals surface area contributed by atoms with Gasteiger partial charge in [0.05, 0.1) is 19.1 Å². The van der Waals surface area contributed by atoms with E-state index in [0.29, 0.717) is 45.0 Å². The van der Waals surface area contributed by atoms with Crippen LogP contribution in [0.15, 0.2) is 48.5 Å². The summed E-state index contributed by atoms with van der Waals surface area (Å²) in [6.07, 6.45) is 3.77. The molecule has 198 valence electrons. The molecule has 1 saturated heterocycles. The lowest BCUT2D eigenvalue weighted by molar-refractivity contribution is -0.136. The van der Waals surface area contributed by atoms with Gasteiger partial charge >= 0.3 is 0 Å². The SMILES string of the molecule is Cc1ccc2cc1CNC(=O)C(CCc1ccccc1)NC(=O)[C@@H](N)CC(=O)N1CCCC(CCO2)C1. The molecular weight excluding hydrogens is 468 g/mol. The Kier molecular flexibility index (Phi) is 9.17. The Morgan fingerprint density at radius 3 is 2.68 bits per heavy atom. The Balaban J connectivity index is 1.53. The standard InChI is InChI=1S/C29H38N4O4/c1-20-9-11-24-16-23(20)18-31-29(36)26(12-10-21-6-3-2-4-7-21)32-28(35)25(30)17-27(34)33-14-5-8-22(19-33)13-15-37-24/h2-4,6-7,9,11,16,22,25-26H,5,8,10,12-15,17-19,30H2,1H3,(H,31,36)(H,32,35)/t22?,25-,26?/m0/s1. The van der Waals surface area contributed by atoms with Gasteiger partial charge in [-0.25, -0.2) is 0 Å². The molecule has 2 aromatic rings. The number of fused-ring (bicyclic) bond motifs is 4. The molecular formula is C29H38N4O4. The van der Waals surface area contributed by atoms with Crippen LogP contribution in [0.5, 0.6) is 5.75 Å². The number of ether oxygens (including phenoxy) is 1. The number of hydrogen-bond donors (Lipinski definition) is 3. The molecule has 4 rings (SSSR count). The first-order chi connectivity index (χ1) is 17.9. The summed E-state index contributed by atoms with van der Waals surface area (Å²) in [4.78, 5) is 41.0. The molecule has 2 aliphatic heterocycles. The molecule has 0 radical (unpaired) electrons. The Morgan fingerprint density at radius 1 is 1.05 bits per heavy atom. The molecule has 2 aromatic carbocycles. The summed E-state index contributed by atoms with van der Waals surface area (Å²) in [5, 5.41) is 5.79. The highest BCUT2D eigenvalue weighted by atomic mass is 16.5. The van der Waals surface area contributed by atoms with Gasteiger partial charge in [-0.2, -0.15) is 0 Å². The van der Waals surface area contributed by atoms with Crippen molar-refractivity contribution in [1.29, 1.82) is 0 Å². The van der Waals surface area contributed by atoms with Crippen molar-refractivity contribution in [3.8, 4) is 5.75 Å². The highest BCUT2D eigenvalue weighted by Crippen LogP contribution is 2.23. The highest BCUT2D eigenvalue weighted by molar-refractivity contribution is 5.92. The van der Waals surface area contributed by atoms with Crippen molar-refractivity contribution in [2.24, 2.45) is 11.7 Å². The van der Waals surface area contributed by atoms with E-state index in [-0.39, 0.29) is 18.2 Å². The minimum absolute atomic E-state index is 0.0775. The number of carbonyl (C=O) groups is 3. The van der Waals surface area contributed by atoms with Crippen LogP contribution in [-0.2, 0) is 27.3 Å². The Hall–Kier alpha value is -3.39. The number of nitrogens with one attached hydrogen (secondary N) is 2. The van der Waals surface area contributed by atoms with Gasteiger partial charge in [0, 0.05) is 19.6 Å². The third-order valence-corrected chi connectivity index (χ3v) is 7.37. The van der Waals surface area contributed by atoms with E-state index in [9.17, 15) is 14.4 Å². The highest BCUT2D eigenvalue weighted by Gasteiger charge is 2.29. The van der Waals surface area contributed by atoms with Crippen molar-refractivity contribution in [1.82, 2.24) is 15.5 Å². The Bertz CT molecular complexity index is 1090. The largest absolute Gasteiger partial charge is 0.494 e. The quantitative estimate of drug-likeness (QED) is 0.592. The summed E-state index contributed by atoms with van der Waals surface area (Å²) < 4.78 is 6.04. The van der Waals surface area contributed by atoms with Crippen molar-refractivity contribution in [2.45, 2.75) is 64.1 Å². The van der Waals surface area contributed by atoms with Crippen LogP contribution in [0, 0.1) is 12.8 Å². The van der Waals surface area contributed by atoms with Crippen LogP contribution in [0.25, 0.3) is 0 Å². The zero-order valence-electron chi connectivity index (χ0n) is 21.6. The van der Waals surface area contributed by atoms with Crippen LogP contribution in [0.2, 0.25) is 0 Å². The second kappa shape index (κ2) is 12.7. The van der Waals surface area contributed by atoms with Crippen LogP contribution in [-0.4, -0.2) is 54.4 Å². The molecule has 37 heavy (non-hydrogen) atoms. The van der Waals surface area contributed by atoms with Gasteiger partial charge in [0.15, 0.2) is 0 Å². The molecule has 8 heteroatoms. The number of benzene rings is 2. The first-order valence-corrected chi connectivity index (χ1v) is 13.3. The first kappa shape index (κ1) is 26.7. The van der Waals surface area contributed by atoms with Gasteiger partial charge in [0.25, 0.3) is 0 Å². The second-order valence-electron chi connectivity index (χ2n) is 10.2. The topological polar surface area (TPSA) is 114 Å². The molecule has 0 aromatic heterocycles. The predicted octanol–water partition coefficient (Wildman–Crippen LogP) is 2.47. The zero-order chi connectivity index (χ0) is 26.2. The van der Waals surface area contributed by atoms with Crippen LogP contribution in [0.1, 0.15) is 48.8 Å². The van der Waals surface area contributed by atoms with E-state index in [1.807, 2.05) is 60.4 Å². The third kappa shape index (κ3) is 7.55. The maximum atomic E-state index is 13.2.